The zero-order valence-corrected chi connectivity index (χ0v) is 14.4. The molecule has 0 aliphatic heterocycles. The van der Waals surface area contributed by atoms with E-state index in [0.29, 0.717) is 0 Å². The van der Waals surface area contributed by atoms with Gasteiger partial charge in [-0.25, -0.2) is 4.39 Å². The van der Waals surface area contributed by atoms with Gasteiger partial charge in [-0.3, -0.25) is 25.0 Å². The van der Waals surface area contributed by atoms with Gasteiger partial charge in [0.25, 0.3) is 17.3 Å². The van der Waals surface area contributed by atoms with E-state index in [1.807, 2.05) is 0 Å². The molecule has 0 spiro atoms. The monoisotopic (exact) mass is 377 g/mol. The number of nitrogens with zero attached hydrogens (tertiary/aromatic N) is 2. The summed E-state index contributed by atoms with van der Waals surface area (Å²) in [4.78, 5) is 32.7. The molecule has 1 amide bonds. The number of ether oxygens (including phenoxy) is 1. The number of benzene rings is 2. The van der Waals surface area contributed by atoms with Gasteiger partial charge in [0.15, 0.2) is 0 Å². The first-order chi connectivity index (χ1) is 12.7. The molecule has 142 valence electrons. The van der Waals surface area contributed by atoms with E-state index in [-0.39, 0.29) is 11.1 Å². The van der Waals surface area contributed by atoms with Crippen LogP contribution in [-0.2, 0) is 4.74 Å². The quantitative estimate of drug-likeness (QED) is 0.584. The van der Waals surface area contributed by atoms with Crippen molar-refractivity contribution in [3.05, 3.63) is 79.6 Å². The van der Waals surface area contributed by atoms with Crippen molar-refractivity contribution < 1.29 is 23.8 Å². The first-order valence-corrected chi connectivity index (χ1v) is 7.76. The summed E-state index contributed by atoms with van der Waals surface area (Å²) in [6, 6.07) is 7.78. The number of non-ortho nitro benzene ring substituents is 2. The summed E-state index contributed by atoms with van der Waals surface area (Å²) in [5, 5.41) is 24.4. The van der Waals surface area contributed by atoms with Crippen LogP contribution in [0.1, 0.15) is 28.9 Å². The van der Waals surface area contributed by atoms with Crippen molar-refractivity contribution in [1.29, 1.82) is 0 Å². The molecule has 0 saturated heterocycles. The molecule has 2 aromatic carbocycles. The van der Waals surface area contributed by atoms with Gasteiger partial charge in [0.05, 0.1) is 27.5 Å². The van der Waals surface area contributed by atoms with Gasteiger partial charge in [0.2, 0.25) is 0 Å². The second-order valence-electron chi connectivity index (χ2n) is 5.69. The van der Waals surface area contributed by atoms with Crippen LogP contribution in [0.15, 0.2) is 42.5 Å². The number of nitrogens with one attached hydrogen (secondary N) is 1. The Kier molecular flexibility index (Phi) is 6.14. The minimum absolute atomic E-state index is 0.220. The number of carbonyl (C=O) groups excluding carboxylic acids is 1. The van der Waals surface area contributed by atoms with Crippen LogP contribution in [0.2, 0.25) is 0 Å². The van der Waals surface area contributed by atoms with E-state index in [1.54, 1.807) is 13.0 Å². The summed E-state index contributed by atoms with van der Waals surface area (Å²) >= 11 is 0. The maximum atomic E-state index is 14.0. The largest absolute Gasteiger partial charge is 0.375 e. The molecule has 27 heavy (non-hydrogen) atoms. The Balaban J connectivity index is 2.29. The van der Waals surface area contributed by atoms with Crippen molar-refractivity contribution in [2.75, 3.05) is 7.11 Å². The molecular formula is C17H16FN3O6. The Morgan fingerprint density at radius 3 is 2.15 bits per heavy atom. The van der Waals surface area contributed by atoms with Crippen molar-refractivity contribution in [3.8, 4) is 0 Å². The van der Waals surface area contributed by atoms with Crippen molar-refractivity contribution in [3.63, 3.8) is 0 Å². The highest BCUT2D eigenvalue weighted by molar-refractivity contribution is 5.95. The molecule has 2 rings (SSSR count). The summed E-state index contributed by atoms with van der Waals surface area (Å²) in [5.41, 5.74) is -1.21. The highest BCUT2D eigenvalue weighted by Gasteiger charge is 2.25. The van der Waals surface area contributed by atoms with Crippen molar-refractivity contribution >= 4 is 17.3 Å². The van der Waals surface area contributed by atoms with E-state index in [0.717, 1.165) is 18.2 Å². The Bertz CT molecular complexity index is 856. The van der Waals surface area contributed by atoms with E-state index in [4.69, 9.17) is 4.74 Å². The number of hydrogen-bond acceptors (Lipinski definition) is 6. The zero-order valence-electron chi connectivity index (χ0n) is 14.4. The van der Waals surface area contributed by atoms with Gasteiger partial charge in [0.1, 0.15) is 11.9 Å². The lowest BCUT2D eigenvalue weighted by Crippen LogP contribution is -2.38. The summed E-state index contributed by atoms with van der Waals surface area (Å²) in [5.74, 6) is -1.30. The van der Waals surface area contributed by atoms with E-state index < -0.39 is 45.1 Å². The molecule has 9 nitrogen and oxygen atoms in total. The van der Waals surface area contributed by atoms with Crippen molar-refractivity contribution in [2.45, 2.75) is 19.1 Å². The van der Waals surface area contributed by atoms with Crippen LogP contribution in [0.4, 0.5) is 15.8 Å². The van der Waals surface area contributed by atoms with Gasteiger partial charge in [0, 0.05) is 24.8 Å². The van der Waals surface area contributed by atoms with E-state index >= 15 is 0 Å². The Hall–Kier alpha value is -3.40. The third kappa shape index (κ3) is 4.61. The number of halogens is 1. The minimum Gasteiger partial charge on any atom is -0.375 e. The van der Waals surface area contributed by atoms with Gasteiger partial charge in [-0.15, -0.1) is 0 Å². The molecule has 0 aliphatic rings. The lowest BCUT2D eigenvalue weighted by atomic mass is 10.0. The fourth-order valence-electron chi connectivity index (χ4n) is 2.61. The van der Waals surface area contributed by atoms with Crippen LogP contribution in [0.5, 0.6) is 0 Å². The SMILES string of the molecule is CO[C@H](c1ccccc1F)[C@@H](C)NC(=O)c1cc([N+](=O)[O-])cc([N+](=O)[O-])c1. The Morgan fingerprint density at radius 1 is 1.11 bits per heavy atom. The van der Waals surface area contributed by atoms with Crippen LogP contribution >= 0.6 is 0 Å². The molecule has 0 unspecified atom stereocenters. The highest BCUT2D eigenvalue weighted by atomic mass is 19.1. The lowest BCUT2D eigenvalue weighted by molar-refractivity contribution is -0.394. The van der Waals surface area contributed by atoms with Gasteiger partial charge in [-0.2, -0.15) is 0 Å². The van der Waals surface area contributed by atoms with Crippen LogP contribution < -0.4 is 5.32 Å². The number of rotatable bonds is 7. The number of nitro groups is 2. The van der Waals surface area contributed by atoms with Gasteiger partial charge in [-0.1, -0.05) is 18.2 Å². The third-order valence-electron chi connectivity index (χ3n) is 3.86. The van der Waals surface area contributed by atoms with E-state index in [9.17, 15) is 29.4 Å². The highest BCUT2D eigenvalue weighted by Crippen LogP contribution is 2.25. The molecule has 2 atom stereocenters. The predicted octanol–water partition coefficient (Wildman–Crippen LogP) is 3.15. The second-order valence-corrected chi connectivity index (χ2v) is 5.69. The van der Waals surface area contributed by atoms with Gasteiger partial charge < -0.3 is 10.1 Å². The maximum Gasteiger partial charge on any atom is 0.277 e. The maximum absolute atomic E-state index is 14.0. The van der Waals surface area contributed by atoms with Crippen LogP contribution in [0, 0.1) is 26.0 Å². The van der Waals surface area contributed by atoms with Crippen molar-refractivity contribution in [2.24, 2.45) is 0 Å². The lowest BCUT2D eigenvalue weighted by Gasteiger charge is -2.24. The van der Waals surface area contributed by atoms with Crippen LogP contribution in [-0.4, -0.2) is 28.9 Å². The standard InChI is InChI=1S/C17H16FN3O6/c1-10(16(27-2)14-5-3-4-6-15(14)18)19-17(22)11-7-12(20(23)24)9-13(8-11)21(25)26/h3-10,16H,1-2H3,(H,19,22)/t10-,16+/m1/s1. The summed E-state index contributed by atoms with van der Waals surface area (Å²) < 4.78 is 19.3. The van der Waals surface area contributed by atoms with Crippen molar-refractivity contribution in [1.82, 2.24) is 5.32 Å². The molecule has 0 aromatic heterocycles. The molecule has 0 bridgehead atoms. The Morgan fingerprint density at radius 2 is 1.67 bits per heavy atom. The molecule has 0 fully saturated rings. The number of nitro benzene ring substituents is 2. The average Bonchev–Trinajstić information content (AvgIpc) is 2.63. The Labute approximate surface area is 153 Å². The first-order valence-electron chi connectivity index (χ1n) is 7.76. The normalized spacial score (nSPS) is 12.9. The number of amides is 1. The van der Waals surface area contributed by atoms with Crippen LogP contribution in [0.3, 0.4) is 0 Å². The first kappa shape index (κ1) is 19.9. The third-order valence-corrected chi connectivity index (χ3v) is 3.86. The fourth-order valence-corrected chi connectivity index (χ4v) is 2.61. The van der Waals surface area contributed by atoms with Gasteiger partial charge in [-0.05, 0) is 13.0 Å². The minimum atomic E-state index is -0.830. The molecule has 2 aromatic rings. The summed E-state index contributed by atoms with van der Waals surface area (Å²) in [6.45, 7) is 1.56. The average molecular weight is 377 g/mol. The molecule has 10 heteroatoms. The van der Waals surface area contributed by atoms with E-state index in [2.05, 4.69) is 5.32 Å². The molecule has 1 N–H and O–H groups in total. The van der Waals surface area contributed by atoms with Gasteiger partial charge >= 0.3 is 0 Å². The molecule has 0 heterocycles. The molecule has 0 aliphatic carbocycles. The fraction of sp³-hybridized carbons (Fsp3) is 0.235. The predicted molar refractivity (Wildman–Crippen MR) is 92.8 cm³/mol. The topological polar surface area (TPSA) is 125 Å². The van der Waals surface area contributed by atoms with Crippen LogP contribution in [0.25, 0.3) is 0 Å². The number of carbonyl (C=O) groups is 1. The smallest absolute Gasteiger partial charge is 0.277 e. The zero-order chi connectivity index (χ0) is 20.1. The van der Waals surface area contributed by atoms with E-state index in [1.165, 1.54) is 25.3 Å². The summed E-state index contributed by atoms with van der Waals surface area (Å²) in [6.07, 6.45) is -0.830. The molecule has 0 saturated carbocycles. The molecular weight excluding hydrogens is 361 g/mol. The number of hydrogen-bond donors (Lipinski definition) is 1. The second kappa shape index (κ2) is 8.32. The summed E-state index contributed by atoms with van der Waals surface area (Å²) in [7, 11) is 1.35. The molecule has 0 radical (unpaired) electrons. The number of methoxy groups -OCH3 is 1.